The average molecular weight is 334 g/mol. The van der Waals surface area contributed by atoms with Gasteiger partial charge in [-0.15, -0.1) is 0 Å². The summed E-state index contributed by atoms with van der Waals surface area (Å²) in [5, 5.41) is 3.97. The molecular weight excluding hydrogens is 311 g/mol. The van der Waals surface area contributed by atoms with Gasteiger partial charge in [-0.3, -0.25) is 4.79 Å². The van der Waals surface area contributed by atoms with Gasteiger partial charge in [0.15, 0.2) is 17.0 Å². The molecule has 0 saturated heterocycles. The van der Waals surface area contributed by atoms with E-state index in [2.05, 4.69) is 18.3 Å². The Bertz CT molecular complexity index is 827. The molecule has 24 heavy (non-hydrogen) atoms. The summed E-state index contributed by atoms with van der Waals surface area (Å²) in [5.41, 5.74) is 12.7. The van der Waals surface area contributed by atoms with Crippen molar-refractivity contribution in [3.63, 3.8) is 0 Å². The van der Waals surface area contributed by atoms with E-state index in [1.807, 2.05) is 0 Å². The first-order valence-corrected chi connectivity index (χ1v) is 7.29. The summed E-state index contributed by atoms with van der Waals surface area (Å²) in [6, 6.07) is 0. The minimum atomic E-state index is -0.749. The van der Waals surface area contributed by atoms with Gasteiger partial charge in [-0.2, -0.15) is 0 Å². The van der Waals surface area contributed by atoms with Crippen molar-refractivity contribution in [2.75, 3.05) is 19.8 Å². The number of nitrogens with zero attached hydrogens (tertiary/aromatic N) is 2. The highest BCUT2D eigenvalue weighted by molar-refractivity contribution is 5.99. The Kier molecular flexibility index (Phi) is 6.11. The van der Waals surface area contributed by atoms with Gasteiger partial charge in [-0.25, -0.2) is 4.39 Å². The van der Waals surface area contributed by atoms with Crippen molar-refractivity contribution in [2.24, 2.45) is 5.73 Å². The van der Waals surface area contributed by atoms with E-state index in [4.69, 9.17) is 16.0 Å². The molecule has 0 radical (unpaired) electrons. The maximum atomic E-state index is 14.2. The summed E-state index contributed by atoms with van der Waals surface area (Å²) in [4.78, 5) is 13.7. The predicted molar refractivity (Wildman–Crippen MR) is 93.3 cm³/mol. The predicted octanol–water partition coefficient (Wildman–Crippen LogP) is 0.958. The van der Waals surface area contributed by atoms with E-state index in [1.54, 1.807) is 32.8 Å². The first-order chi connectivity index (χ1) is 11.1. The second kappa shape index (κ2) is 7.63. The Balaban J connectivity index is 3.90. The fraction of sp³-hybridized carbons (Fsp3) is 0.294. The lowest BCUT2D eigenvalue weighted by Crippen LogP contribution is -2.31. The van der Waals surface area contributed by atoms with Crippen molar-refractivity contribution in [2.45, 2.75) is 20.3 Å². The number of hydrogen-bond donors (Lipinski definition) is 2. The third-order valence-corrected chi connectivity index (χ3v) is 3.36. The van der Waals surface area contributed by atoms with E-state index in [9.17, 15) is 9.18 Å². The lowest BCUT2D eigenvalue weighted by Gasteiger charge is -2.19. The molecule has 1 rings (SSSR count). The number of carbonyl (C=O) groups excluding carboxylic acids is 1. The highest BCUT2D eigenvalue weighted by Crippen LogP contribution is 2.24. The molecule has 130 valence electrons. The van der Waals surface area contributed by atoms with Crippen LogP contribution >= 0.6 is 0 Å². The number of aromatic nitrogens is 1. The Labute approximate surface area is 140 Å². The number of anilines is 1. The number of hydrogen-bond acceptors (Lipinski definition) is 6. The molecule has 1 aromatic rings. The number of carbonyl (C=O) groups is 1. The van der Waals surface area contributed by atoms with Crippen LogP contribution in [-0.4, -0.2) is 29.9 Å². The molecule has 0 saturated carbocycles. The third-order valence-electron chi connectivity index (χ3n) is 3.36. The summed E-state index contributed by atoms with van der Waals surface area (Å²) in [6.45, 7) is 10.3. The summed E-state index contributed by atoms with van der Waals surface area (Å²) in [6.07, 6.45) is 1.60. The van der Waals surface area contributed by atoms with Crippen LogP contribution < -0.4 is 22.1 Å². The number of halogens is 1. The quantitative estimate of drug-likeness (QED) is 0.594. The van der Waals surface area contributed by atoms with Crippen LogP contribution in [0.25, 0.3) is 12.3 Å². The van der Waals surface area contributed by atoms with Crippen molar-refractivity contribution < 1.29 is 13.7 Å². The van der Waals surface area contributed by atoms with E-state index in [-0.39, 0.29) is 40.3 Å². The molecule has 0 bridgehead atoms. The van der Waals surface area contributed by atoms with E-state index in [0.29, 0.717) is 10.9 Å². The number of ketones is 1. The van der Waals surface area contributed by atoms with Crippen LogP contribution in [0.2, 0.25) is 0 Å². The molecule has 7 heteroatoms. The lowest BCUT2D eigenvalue weighted by atomic mass is 10.00. The summed E-state index contributed by atoms with van der Waals surface area (Å²) >= 11 is 0. The molecule has 0 fully saturated rings. The first kappa shape index (κ1) is 19.2. The van der Waals surface area contributed by atoms with Gasteiger partial charge in [-0.05, 0) is 13.0 Å². The van der Waals surface area contributed by atoms with Gasteiger partial charge < -0.3 is 20.9 Å². The van der Waals surface area contributed by atoms with Crippen LogP contribution in [0.1, 0.15) is 20.3 Å². The maximum Gasteiger partial charge on any atom is 0.176 e. The van der Waals surface area contributed by atoms with Crippen LogP contribution in [0, 0.1) is 0 Å². The highest BCUT2D eigenvalue weighted by Gasteiger charge is 2.19. The van der Waals surface area contributed by atoms with E-state index in [1.165, 1.54) is 6.08 Å². The van der Waals surface area contributed by atoms with Crippen LogP contribution in [0.4, 0.5) is 10.2 Å². The Morgan fingerprint density at radius 3 is 2.38 bits per heavy atom. The summed E-state index contributed by atoms with van der Waals surface area (Å²) in [7, 11) is 3.39. The van der Waals surface area contributed by atoms with Gasteiger partial charge in [0, 0.05) is 37.4 Å². The van der Waals surface area contributed by atoms with Crippen LogP contribution in [0.15, 0.2) is 39.8 Å². The largest absolute Gasteiger partial charge is 0.402 e. The topological polar surface area (TPSA) is 98.4 Å². The van der Waals surface area contributed by atoms with Gasteiger partial charge in [0.1, 0.15) is 5.83 Å². The van der Waals surface area contributed by atoms with Crippen LogP contribution in [-0.2, 0) is 4.79 Å². The van der Waals surface area contributed by atoms with Gasteiger partial charge in [-0.1, -0.05) is 25.2 Å². The molecule has 0 atom stereocenters. The zero-order valence-electron chi connectivity index (χ0n) is 14.4. The van der Waals surface area contributed by atoms with Crippen LogP contribution in [0.3, 0.4) is 0 Å². The smallest absolute Gasteiger partial charge is 0.176 e. The van der Waals surface area contributed by atoms with Crippen molar-refractivity contribution >= 4 is 23.9 Å². The molecular formula is C17H23FN4O2. The molecule has 0 aliphatic rings. The lowest BCUT2D eigenvalue weighted by molar-refractivity contribution is -0.115. The molecule has 1 heterocycles. The SMILES string of the molecule is C=C(F)C(=C\C(C(=O)CC)=C(/C)N)/C(=c1\c(N)noc1=C)N(C)C. The molecule has 0 spiro atoms. The minimum Gasteiger partial charge on any atom is -0.402 e. The van der Waals surface area contributed by atoms with E-state index < -0.39 is 5.83 Å². The maximum absolute atomic E-state index is 14.2. The number of nitrogen functional groups attached to an aromatic ring is 1. The van der Waals surface area contributed by atoms with Gasteiger partial charge in [0.2, 0.25) is 0 Å². The van der Waals surface area contributed by atoms with E-state index >= 15 is 0 Å². The van der Waals surface area contributed by atoms with Gasteiger partial charge in [0.05, 0.1) is 10.9 Å². The number of rotatable bonds is 6. The molecule has 4 N–H and O–H groups in total. The average Bonchev–Trinajstić information content (AvgIpc) is 2.81. The molecule has 0 amide bonds. The minimum absolute atomic E-state index is 0.0569. The molecule has 0 aromatic carbocycles. The van der Waals surface area contributed by atoms with Crippen molar-refractivity contribution in [3.05, 3.63) is 46.0 Å². The normalized spacial score (nSPS) is 14.1. The van der Waals surface area contributed by atoms with Crippen molar-refractivity contribution in [3.8, 4) is 0 Å². The second-order valence-corrected chi connectivity index (χ2v) is 5.45. The van der Waals surface area contributed by atoms with Gasteiger partial charge >= 0.3 is 0 Å². The van der Waals surface area contributed by atoms with E-state index in [0.717, 1.165) is 0 Å². The Hall–Kier alpha value is -2.83. The number of nitrogens with two attached hydrogens (primary N) is 2. The molecule has 6 nitrogen and oxygen atoms in total. The third kappa shape index (κ3) is 3.92. The zero-order chi connectivity index (χ0) is 18.6. The molecule has 0 unspecified atom stereocenters. The molecule has 1 aromatic heterocycles. The second-order valence-electron chi connectivity index (χ2n) is 5.45. The summed E-state index contributed by atoms with van der Waals surface area (Å²) < 4.78 is 19.2. The molecule has 0 aliphatic carbocycles. The zero-order valence-corrected chi connectivity index (χ0v) is 14.4. The number of allylic oxidation sites excluding steroid dienone is 3. The number of Topliss-reactive ketones (excluding diaryl/α,β-unsaturated/α-hetero) is 1. The van der Waals surface area contributed by atoms with Gasteiger partial charge in [0.25, 0.3) is 0 Å². The van der Waals surface area contributed by atoms with Crippen LogP contribution in [0.5, 0.6) is 0 Å². The highest BCUT2D eigenvalue weighted by atomic mass is 19.1. The fourth-order valence-corrected chi connectivity index (χ4v) is 2.22. The number of likely N-dealkylation sites (N-methyl/N-ethyl adjacent to an activating group) is 1. The Morgan fingerprint density at radius 1 is 1.46 bits per heavy atom. The van der Waals surface area contributed by atoms with Crippen molar-refractivity contribution in [1.29, 1.82) is 0 Å². The summed E-state index contributed by atoms with van der Waals surface area (Å²) in [5.74, 6) is -0.894. The molecule has 0 aliphatic heterocycles. The van der Waals surface area contributed by atoms with Crippen molar-refractivity contribution in [1.82, 2.24) is 10.1 Å². The standard InChI is InChI=1S/C17H23FN4O2/c1-7-14(23)13(10(3)19)8-12(9(2)18)16(22(5)6)15-11(4)24-21-17(15)20/h8H,2,4,7,19H2,1,3,5-6H3,(H2,20,21)/b12-8+,13-10-,16-15+. The Morgan fingerprint density at radius 2 is 2.04 bits per heavy atom. The first-order valence-electron chi connectivity index (χ1n) is 7.29. The monoisotopic (exact) mass is 334 g/mol. The fourth-order valence-electron chi connectivity index (χ4n) is 2.22.